The maximum Gasteiger partial charge on any atom is 0.307 e. The summed E-state index contributed by atoms with van der Waals surface area (Å²) < 4.78 is 1.45. The molecule has 1 heterocycles. The number of carboxylic acids is 1. The lowest BCUT2D eigenvalue weighted by Gasteiger charge is -2.21. The minimum atomic E-state index is -0.873. The molecule has 6 nitrogen and oxygen atoms in total. The van der Waals surface area contributed by atoms with E-state index in [-0.39, 0.29) is 17.9 Å². The molecule has 0 bridgehead atoms. The van der Waals surface area contributed by atoms with Gasteiger partial charge in [0.05, 0.1) is 12.1 Å². The summed E-state index contributed by atoms with van der Waals surface area (Å²) in [4.78, 5) is 22.7. The molecule has 0 aliphatic heterocycles. The van der Waals surface area contributed by atoms with E-state index in [0.29, 0.717) is 17.7 Å². The zero-order valence-corrected chi connectivity index (χ0v) is 16.9. The summed E-state index contributed by atoms with van der Waals surface area (Å²) in [6, 6.07) is 18.6. The van der Waals surface area contributed by atoms with Gasteiger partial charge in [0.1, 0.15) is 0 Å². The summed E-state index contributed by atoms with van der Waals surface area (Å²) in [5, 5.41) is 22.3. The van der Waals surface area contributed by atoms with Crippen LogP contribution in [-0.4, -0.2) is 26.6 Å². The van der Waals surface area contributed by atoms with Gasteiger partial charge in [-0.2, -0.15) is 0 Å². The van der Waals surface area contributed by atoms with Gasteiger partial charge < -0.3 is 14.9 Å². The average Bonchev–Trinajstić information content (AvgIpc) is 2.72. The highest BCUT2D eigenvalue weighted by Crippen LogP contribution is 2.32. The summed E-state index contributed by atoms with van der Waals surface area (Å²) >= 11 is 0. The van der Waals surface area contributed by atoms with Gasteiger partial charge in [0.2, 0.25) is 5.56 Å². The summed E-state index contributed by atoms with van der Waals surface area (Å²) in [7, 11) is 1.65. The van der Waals surface area contributed by atoms with Crippen LogP contribution in [0.2, 0.25) is 0 Å². The molecule has 0 aliphatic rings. The van der Waals surface area contributed by atoms with Crippen LogP contribution < -0.4 is 5.56 Å². The van der Waals surface area contributed by atoms with Gasteiger partial charge in [0.15, 0.2) is 0 Å². The molecule has 3 aromatic rings. The first-order chi connectivity index (χ1) is 14.4. The van der Waals surface area contributed by atoms with Crippen LogP contribution >= 0.6 is 0 Å². The molecule has 0 aliphatic carbocycles. The quantitative estimate of drug-likeness (QED) is 0.357. The number of carboxylic acid groups (broad SMARTS) is 1. The second-order valence-corrected chi connectivity index (χ2v) is 7.34. The lowest BCUT2D eigenvalue weighted by Crippen LogP contribution is -2.18. The molecule has 30 heavy (non-hydrogen) atoms. The van der Waals surface area contributed by atoms with Crippen LogP contribution in [0.1, 0.15) is 40.2 Å². The number of nitrogens with zero attached hydrogens (tertiary/aromatic N) is 2. The van der Waals surface area contributed by atoms with Gasteiger partial charge in [-0.25, -0.2) is 0 Å². The van der Waals surface area contributed by atoms with E-state index in [0.717, 1.165) is 22.3 Å². The fraction of sp³-hybridized carbons (Fsp3) is 0.208. The van der Waals surface area contributed by atoms with Crippen molar-refractivity contribution >= 4 is 11.7 Å². The Balaban J connectivity index is 2.01. The number of aliphatic carboxylic acids is 1. The van der Waals surface area contributed by atoms with Crippen molar-refractivity contribution in [2.24, 2.45) is 12.2 Å². The highest BCUT2D eigenvalue weighted by Gasteiger charge is 2.20. The van der Waals surface area contributed by atoms with Crippen LogP contribution in [0.15, 0.2) is 76.8 Å². The third kappa shape index (κ3) is 4.84. The Morgan fingerprint density at radius 1 is 1.07 bits per heavy atom. The molecule has 0 saturated carbocycles. The summed E-state index contributed by atoms with van der Waals surface area (Å²) in [5.74, 6) is -0.976. The largest absolute Gasteiger partial charge is 0.481 e. The highest BCUT2D eigenvalue weighted by atomic mass is 16.4. The molecule has 1 unspecified atom stereocenters. The van der Waals surface area contributed by atoms with Crippen LogP contribution in [0.4, 0.5) is 0 Å². The third-order valence-corrected chi connectivity index (χ3v) is 5.24. The predicted octanol–water partition coefficient (Wildman–Crippen LogP) is 3.72. The van der Waals surface area contributed by atoms with Gasteiger partial charge in [0, 0.05) is 37.2 Å². The minimum Gasteiger partial charge on any atom is -0.481 e. The Bertz CT molecular complexity index is 1130. The van der Waals surface area contributed by atoms with Crippen molar-refractivity contribution in [3.8, 4) is 0 Å². The molecular weight excluding hydrogens is 380 g/mol. The van der Waals surface area contributed by atoms with Crippen molar-refractivity contribution in [3.63, 3.8) is 0 Å². The van der Waals surface area contributed by atoms with Crippen LogP contribution in [0.5, 0.6) is 0 Å². The number of benzene rings is 2. The third-order valence-electron chi connectivity index (χ3n) is 5.24. The Hall–Kier alpha value is -3.67. The second-order valence-electron chi connectivity index (χ2n) is 7.34. The van der Waals surface area contributed by atoms with Gasteiger partial charge >= 0.3 is 5.97 Å². The number of rotatable bonds is 7. The maximum absolute atomic E-state index is 11.7. The Morgan fingerprint density at radius 2 is 1.77 bits per heavy atom. The van der Waals surface area contributed by atoms with Crippen molar-refractivity contribution < 1.29 is 15.1 Å². The van der Waals surface area contributed by atoms with Crippen LogP contribution in [0, 0.1) is 6.92 Å². The van der Waals surface area contributed by atoms with E-state index in [1.54, 1.807) is 19.3 Å². The normalized spacial score (nSPS) is 12.5. The van der Waals surface area contributed by atoms with Crippen molar-refractivity contribution in [2.75, 3.05) is 0 Å². The van der Waals surface area contributed by atoms with E-state index < -0.39 is 5.97 Å². The molecule has 0 amide bonds. The zero-order valence-electron chi connectivity index (χ0n) is 16.9. The minimum absolute atomic E-state index is 0.0310. The Kier molecular flexibility index (Phi) is 6.47. The monoisotopic (exact) mass is 404 g/mol. The molecule has 6 heteroatoms. The van der Waals surface area contributed by atoms with Crippen LogP contribution in [-0.2, 0) is 18.3 Å². The number of hydrogen-bond acceptors (Lipinski definition) is 4. The van der Waals surface area contributed by atoms with E-state index in [1.807, 2.05) is 55.5 Å². The van der Waals surface area contributed by atoms with Gasteiger partial charge in [-0.3, -0.25) is 9.59 Å². The molecule has 3 rings (SSSR count). The molecule has 1 atom stereocenters. The maximum atomic E-state index is 11.7. The van der Waals surface area contributed by atoms with Gasteiger partial charge in [-0.15, -0.1) is 0 Å². The molecule has 2 aromatic carbocycles. The van der Waals surface area contributed by atoms with E-state index in [9.17, 15) is 14.8 Å². The molecule has 0 saturated heterocycles. The first-order valence-corrected chi connectivity index (χ1v) is 9.63. The first kappa shape index (κ1) is 21.0. The van der Waals surface area contributed by atoms with Gasteiger partial charge in [-0.1, -0.05) is 53.7 Å². The van der Waals surface area contributed by atoms with Crippen molar-refractivity contribution in [1.29, 1.82) is 0 Å². The van der Waals surface area contributed by atoms with Crippen LogP contribution in [0.25, 0.3) is 0 Å². The topological polar surface area (TPSA) is 91.9 Å². The molecule has 0 radical (unpaired) electrons. The van der Waals surface area contributed by atoms with E-state index in [1.165, 1.54) is 10.6 Å². The zero-order chi connectivity index (χ0) is 21.7. The number of aryl methyl sites for hydroxylation is 2. The molecule has 154 valence electrons. The second kappa shape index (κ2) is 9.22. The number of carbonyl (C=O) groups is 1. The molecule has 0 fully saturated rings. The smallest absolute Gasteiger partial charge is 0.307 e. The summed E-state index contributed by atoms with van der Waals surface area (Å²) in [5.41, 5.74) is 4.91. The Morgan fingerprint density at radius 3 is 2.37 bits per heavy atom. The Labute approximate surface area is 174 Å². The van der Waals surface area contributed by atoms with Crippen molar-refractivity contribution in [3.05, 3.63) is 105 Å². The molecule has 1 aromatic heterocycles. The fourth-order valence-corrected chi connectivity index (χ4v) is 3.60. The standard InChI is InChI=1S/C24H24N2O4/c1-16-5-3-4-6-20(16)21(18-9-7-17(8-10-18)13-24(28)29)14-22(25-30)19-11-12-23(27)26(2)15-19/h3-12,15,21,30H,13-14H2,1-2H3,(H,28,29). The number of aromatic nitrogens is 1. The van der Waals surface area contributed by atoms with Crippen molar-refractivity contribution in [2.45, 2.75) is 25.7 Å². The lowest BCUT2D eigenvalue weighted by molar-refractivity contribution is -0.136. The van der Waals surface area contributed by atoms with Gasteiger partial charge in [-0.05, 0) is 35.2 Å². The first-order valence-electron chi connectivity index (χ1n) is 9.63. The summed E-state index contributed by atoms with van der Waals surface area (Å²) in [6.45, 7) is 2.03. The summed E-state index contributed by atoms with van der Waals surface area (Å²) in [6.07, 6.45) is 2.04. The fourth-order valence-electron chi connectivity index (χ4n) is 3.60. The lowest BCUT2D eigenvalue weighted by atomic mass is 9.83. The molecular formula is C24H24N2O4. The average molecular weight is 404 g/mol. The van der Waals surface area contributed by atoms with E-state index in [2.05, 4.69) is 5.16 Å². The van der Waals surface area contributed by atoms with E-state index in [4.69, 9.17) is 5.11 Å². The molecule has 2 N–H and O–H groups in total. The SMILES string of the molecule is Cc1ccccc1C(CC(=NO)c1ccc(=O)n(C)c1)c1ccc(CC(=O)O)cc1. The highest BCUT2D eigenvalue weighted by molar-refractivity contribution is 6.00. The van der Waals surface area contributed by atoms with Crippen LogP contribution in [0.3, 0.4) is 0 Å². The van der Waals surface area contributed by atoms with E-state index >= 15 is 0 Å². The number of pyridine rings is 1. The van der Waals surface area contributed by atoms with Gasteiger partial charge in [0.25, 0.3) is 0 Å². The number of hydrogen-bond donors (Lipinski definition) is 2. The molecule has 0 spiro atoms. The van der Waals surface area contributed by atoms with Crippen molar-refractivity contribution in [1.82, 2.24) is 4.57 Å². The number of oxime groups is 1. The predicted molar refractivity (Wildman–Crippen MR) is 115 cm³/mol.